The molecule has 2 amide bonds. The first-order chi connectivity index (χ1) is 15.0. The van der Waals surface area contributed by atoms with E-state index in [0.29, 0.717) is 17.6 Å². The van der Waals surface area contributed by atoms with Crippen molar-refractivity contribution in [3.8, 4) is 0 Å². The summed E-state index contributed by atoms with van der Waals surface area (Å²) in [5, 5.41) is 9.47. The van der Waals surface area contributed by atoms with Gasteiger partial charge in [0.1, 0.15) is 0 Å². The number of amides is 2. The van der Waals surface area contributed by atoms with Crippen molar-refractivity contribution in [1.29, 1.82) is 0 Å². The number of carboxylic acids is 1. The Bertz CT molecular complexity index is 1050. The molecule has 1 N–H and O–H groups in total. The number of aliphatic carboxylic acids is 1. The third kappa shape index (κ3) is 2.65. The summed E-state index contributed by atoms with van der Waals surface area (Å²) in [6, 6.07) is 17.1. The molecule has 2 aliphatic carbocycles. The number of halogens is 1. The zero-order valence-corrected chi connectivity index (χ0v) is 18.2. The molecule has 158 valence electrons. The lowest BCUT2D eigenvalue weighted by Gasteiger charge is -2.28. The summed E-state index contributed by atoms with van der Waals surface area (Å²) < 4.78 is 1.02. The first-order valence-corrected chi connectivity index (χ1v) is 11.4. The fourth-order valence-corrected chi connectivity index (χ4v) is 6.86. The molecular formula is C24H21BrN2O4. The Hall–Kier alpha value is -2.67. The summed E-state index contributed by atoms with van der Waals surface area (Å²) in [5.41, 5.74) is 1.83. The van der Waals surface area contributed by atoms with E-state index in [1.54, 1.807) is 12.1 Å². The number of rotatable bonds is 5. The van der Waals surface area contributed by atoms with Gasteiger partial charge in [-0.25, -0.2) is 0 Å². The molecule has 6 rings (SSSR count). The first kappa shape index (κ1) is 19.0. The van der Waals surface area contributed by atoms with Crippen LogP contribution in [-0.2, 0) is 14.4 Å². The summed E-state index contributed by atoms with van der Waals surface area (Å²) in [4.78, 5) is 42.3. The summed E-state index contributed by atoms with van der Waals surface area (Å²) in [7, 11) is 0. The molecule has 2 bridgehead atoms. The number of imide groups is 1. The summed E-state index contributed by atoms with van der Waals surface area (Å²) >= 11 is 3.47. The lowest BCUT2D eigenvalue weighted by molar-refractivity contribution is -0.146. The summed E-state index contributed by atoms with van der Waals surface area (Å²) in [6.45, 7) is 0. The van der Waals surface area contributed by atoms with Gasteiger partial charge in [0.25, 0.3) is 0 Å². The number of hydrogen-bond donors (Lipinski definition) is 1. The van der Waals surface area contributed by atoms with E-state index < -0.39 is 12.0 Å². The number of hydrogen-bond acceptors (Lipinski definition) is 4. The molecule has 0 spiro atoms. The molecule has 2 aromatic carbocycles. The molecule has 4 aliphatic rings. The molecule has 2 heterocycles. The van der Waals surface area contributed by atoms with Crippen LogP contribution in [0.1, 0.15) is 24.4 Å². The van der Waals surface area contributed by atoms with Crippen LogP contribution in [0.5, 0.6) is 0 Å². The zero-order valence-electron chi connectivity index (χ0n) is 16.6. The number of benzene rings is 2. The second-order valence-corrected chi connectivity index (χ2v) is 9.97. The van der Waals surface area contributed by atoms with E-state index in [0.717, 1.165) is 16.6 Å². The molecule has 2 saturated heterocycles. The number of carboxylic acid groups (broad SMARTS) is 1. The van der Waals surface area contributed by atoms with Crippen LogP contribution in [0.3, 0.4) is 0 Å². The summed E-state index contributed by atoms with van der Waals surface area (Å²) in [6.07, 6.45) is 0.645. The second kappa shape index (κ2) is 6.66. The fraction of sp³-hybridized carbons (Fsp3) is 0.375. The van der Waals surface area contributed by atoms with Gasteiger partial charge < -0.3 is 10.0 Å². The number of carbonyl (C=O) groups is 3. The predicted octanol–water partition coefficient (Wildman–Crippen LogP) is 3.47. The monoisotopic (exact) mass is 480 g/mol. The number of fused-ring (bicyclic) bond motifs is 8. The third-order valence-corrected chi connectivity index (χ3v) is 8.20. The van der Waals surface area contributed by atoms with Gasteiger partial charge in [0.15, 0.2) is 0 Å². The molecule has 7 atom stereocenters. The van der Waals surface area contributed by atoms with Crippen LogP contribution in [0.25, 0.3) is 0 Å². The third-order valence-electron chi connectivity index (χ3n) is 7.67. The van der Waals surface area contributed by atoms with E-state index in [-0.39, 0.29) is 41.9 Å². The quantitative estimate of drug-likeness (QED) is 0.523. The minimum atomic E-state index is -1.02. The smallest absolute Gasteiger partial charge is 0.305 e. The van der Waals surface area contributed by atoms with Crippen molar-refractivity contribution in [2.75, 3.05) is 4.90 Å². The highest BCUT2D eigenvalue weighted by molar-refractivity contribution is 9.10. The Labute approximate surface area is 188 Å². The highest BCUT2D eigenvalue weighted by atomic mass is 79.9. The van der Waals surface area contributed by atoms with Gasteiger partial charge in [-0.3, -0.25) is 19.3 Å². The standard InChI is InChI=1S/C24H21BrN2O4/c25-13-6-8-14(9-7-13)26-21-15-10-16(22(21)26)20-19(15)23(30)27(24(20)31)17(11-18(28)29)12-4-2-1-3-5-12/h1-9,15-17,19-22H,10-11H2,(H,28,29). The van der Waals surface area contributed by atoms with Crippen LogP contribution in [-0.4, -0.2) is 39.9 Å². The molecule has 2 aromatic rings. The zero-order chi connectivity index (χ0) is 21.4. The van der Waals surface area contributed by atoms with E-state index in [1.165, 1.54) is 4.90 Å². The number of nitrogens with zero attached hydrogens (tertiary/aromatic N) is 2. The van der Waals surface area contributed by atoms with Crippen LogP contribution in [0.2, 0.25) is 0 Å². The molecule has 31 heavy (non-hydrogen) atoms. The Balaban J connectivity index is 1.30. The molecular weight excluding hydrogens is 460 g/mol. The summed E-state index contributed by atoms with van der Waals surface area (Å²) in [5.74, 6) is -1.70. The van der Waals surface area contributed by atoms with E-state index in [2.05, 4.69) is 33.0 Å². The lowest BCUT2D eigenvalue weighted by Crippen LogP contribution is -2.38. The van der Waals surface area contributed by atoms with Crippen molar-refractivity contribution in [3.63, 3.8) is 0 Å². The van der Waals surface area contributed by atoms with Gasteiger partial charge in [-0.1, -0.05) is 46.3 Å². The van der Waals surface area contributed by atoms with Crippen LogP contribution in [0, 0.1) is 23.7 Å². The largest absolute Gasteiger partial charge is 0.481 e. The van der Waals surface area contributed by atoms with Crippen molar-refractivity contribution in [2.45, 2.75) is 31.0 Å². The van der Waals surface area contributed by atoms with Crippen molar-refractivity contribution >= 4 is 39.4 Å². The van der Waals surface area contributed by atoms with Crippen LogP contribution in [0.15, 0.2) is 59.1 Å². The Morgan fingerprint density at radius 3 is 2.10 bits per heavy atom. The molecule has 0 radical (unpaired) electrons. The van der Waals surface area contributed by atoms with Gasteiger partial charge in [0.2, 0.25) is 11.8 Å². The number of anilines is 1. The van der Waals surface area contributed by atoms with Gasteiger partial charge in [0.05, 0.1) is 36.4 Å². The van der Waals surface area contributed by atoms with Gasteiger partial charge in [-0.05, 0) is 48.1 Å². The Morgan fingerprint density at radius 1 is 0.968 bits per heavy atom. The first-order valence-electron chi connectivity index (χ1n) is 10.6. The highest BCUT2D eigenvalue weighted by Crippen LogP contribution is 2.66. The molecule has 4 fully saturated rings. The van der Waals surface area contributed by atoms with Crippen molar-refractivity contribution < 1.29 is 19.5 Å². The van der Waals surface area contributed by atoms with Gasteiger partial charge in [-0.2, -0.15) is 0 Å². The topological polar surface area (TPSA) is 77.7 Å². The maximum absolute atomic E-state index is 13.5. The van der Waals surface area contributed by atoms with E-state index in [9.17, 15) is 19.5 Å². The Morgan fingerprint density at radius 2 is 1.55 bits per heavy atom. The maximum Gasteiger partial charge on any atom is 0.305 e. The Kier molecular flexibility index (Phi) is 4.09. The molecule has 2 aliphatic heterocycles. The average Bonchev–Trinajstić information content (AvgIpc) is 3.09. The molecule has 0 aromatic heterocycles. The number of carbonyl (C=O) groups excluding carboxylic acids is 2. The van der Waals surface area contributed by atoms with Crippen LogP contribution >= 0.6 is 15.9 Å². The normalized spacial score (nSPS) is 33.5. The lowest BCUT2D eigenvalue weighted by atomic mass is 9.81. The van der Waals surface area contributed by atoms with E-state index >= 15 is 0 Å². The van der Waals surface area contributed by atoms with E-state index in [1.807, 2.05) is 30.3 Å². The number of piperidine rings is 1. The molecule has 7 unspecified atom stereocenters. The predicted molar refractivity (Wildman–Crippen MR) is 116 cm³/mol. The van der Waals surface area contributed by atoms with Crippen LogP contribution in [0.4, 0.5) is 5.69 Å². The average molecular weight is 481 g/mol. The molecule has 2 saturated carbocycles. The van der Waals surface area contributed by atoms with Gasteiger partial charge in [0, 0.05) is 10.2 Å². The van der Waals surface area contributed by atoms with Crippen molar-refractivity contribution in [3.05, 3.63) is 64.6 Å². The fourth-order valence-electron chi connectivity index (χ4n) is 6.60. The van der Waals surface area contributed by atoms with Gasteiger partial charge in [-0.15, -0.1) is 0 Å². The molecule has 6 nitrogen and oxygen atoms in total. The van der Waals surface area contributed by atoms with Crippen LogP contribution < -0.4 is 4.90 Å². The number of likely N-dealkylation sites (tertiary alicyclic amines) is 1. The van der Waals surface area contributed by atoms with Crippen molar-refractivity contribution in [2.24, 2.45) is 23.7 Å². The van der Waals surface area contributed by atoms with Gasteiger partial charge >= 0.3 is 5.97 Å². The van der Waals surface area contributed by atoms with Crippen molar-refractivity contribution in [1.82, 2.24) is 4.90 Å². The SMILES string of the molecule is O=C(O)CC(c1ccccc1)N1C(=O)C2C3CC(C2C1=O)C1C3N1c1ccc(Br)cc1. The molecule has 7 heteroatoms. The highest BCUT2D eigenvalue weighted by Gasteiger charge is 2.76. The minimum Gasteiger partial charge on any atom is -0.481 e. The maximum atomic E-state index is 13.5. The minimum absolute atomic E-state index is 0.159. The second-order valence-electron chi connectivity index (χ2n) is 9.05. The van der Waals surface area contributed by atoms with E-state index in [4.69, 9.17) is 0 Å².